The highest BCUT2D eigenvalue weighted by Crippen LogP contribution is 2.30. The van der Waals surface area contributed by atoms with Gasteiger partial charge in [0, 0.05) is 56.9 Å². The summed E-state index contributed by atoms with van der Waals surface area (Å²) in [7, 11) is 1.75. The number of aryl methyl sites for hydroxylation is 1. The number of hydrogen-bond donors (Lipinski definition) is 1. The highest BCUT2D eigenvalue weighted by Gasteiger charge is 2.21. The van der Waals surface area contributed by atoms with Crippen molar-refractivity contribution in [3.8, 4) is 11.4 Å². The molecule has 1 N–H and O–H groups in total. The van der Waals surface area contributed by atoms with Crippen LogP contribution in [0.15, 0.2) is 78.9 Å². The van der Waals surface area contributed by atoms with Crippen molar-refractivity contribution in [3.63, 3.8) is 0 Å². The van der Waals surface area contributed by atoms with E-state index in [2.05, 4.69) is 74.3 Å². The predicted octanol–water partition coefficient (Wildman–Crippen LogP) is 4.92. The molecule has 0 radical (unpaired) electrons. The number of nitrogens with one attached hydrogen (secondary N) is 1. The second-order valence-corrected chi connectivity index (χ2v) is 10.3. The molecule has 1 aliphatic heterocycles. The maximum Gasteiger partial charge on any atom is 0.321 e. The molecular formula is C30H34ClN7O2. The van der Waals surface area contributed by atoms with Crippen molar-refractivity contribution in [2.45, 2.75) is 12.3 Å². The Morgan fingerprint density at radius 2 is 1.68 bits per heavy atom. The van der Waals surface area contributed by atoms with Gasteiger partial charge in [-0.2, -0.15) is 0 Å². The first kappa shape index (κ1) is 27.8. The summed E-state index contributed by atoms with van der Waals surface area (Å²) >= 11 is 6.45. The van der Waals surface area contributed by atoms with Crippen LogP contribution in [0.2, 0.25) is 5.02 Å². The molecule has 10 heteroatoms. The Morgan fingerprint density at radius 3 is 2.30 bits per heavy atom. The maximum atomic E-state index is 13.7. The van der Waals surface area contributed by atoms with Crippen LogP contribution >= 0.6 is 11.6 Å². The van der Waals surface area contributed by atoms with Gasteiger partial charge in [0.2, 0.25) is 0 Å². The second kappa shape index (κ2) is 13.5. The monoisotopic (exact) mass is 559 g/mol. The first-order valence-corrected chi connectivity index (χ1v) is 13.9. The number of carbonyl (C=O) groups excluding carboxylic acids is 1. The van der Waals surface area contributed by atoms with Crippen LogP contribution in [0.4, 0.5) is 10.5 Å². The van der Waals surface area contributed by atoms with Gasteiger partial charge in [-0.25, -0.2) is 9.48 Å². The van der Waals surface area contributed by atoms with Gasteiger partial charge in [0.15, 0.2) is 5.82 Å². The lowest BCUT2D eigenvalue weighted by molar-refractivity contribution is 0.0351. The molecule has 1 aliphatic rings. The minimum absolute atomic E-state index is 0.155. The molecule has 1 saturated heterocycles. The van der Waals surface area contributed by atoms with E-state index < -0.39 is 0 Å². The normalized spacial score (nSPS) is 13.9. The van der Waals surface area contributed by atoms with E-state index in [1.165, 1.54) is 11.1 Å². The summed E-state index contributed by atoms with van der Waals surface area (Å²) in [6.07, 6.45) is 0.793. The lowest BCUT2D eigenvalue weighted by Gasteiger charge is -2.31. The van der Waals surface area contributed by atoms with E-state index in [1.807, 2.05) is 23.1 Å². The average molecular weight is 560 g/mol. The number of anilines is 1. The third kappa shape index (κ3) is 7.04. The summed E-state index contributed by atoms with van der Waals surface area (Å²) < 4.78 is 7.06. The molecule has 0 atom stereocenters. The van der Waals surface area contributed by atoms with Gasteiger partial charge in [-0.05, 0) is 46.2 Å². The van der Waals surface area contributed by atoms with Crippen LogP contribution in [0, 0.1) is 0 Å². The summed E-state index contributed by atoms with van der Waals surface area (Å²) in [6, 6.07) is 26.2. The van der Waals surface area contributed by atoms with E-state index in [4.69, 9.17) is 16.3 Å². The molecule has 0 saturated carbocycles. The summed E-state index contributed by atoms with van der Waals surface area (Å²) in [5, 5.41) is 15.3. The van der Waals surface area contributed by atoms with Gasteiger partial charge in [0.05, 0.1) is 18.2 Å². The molecule has 4 aromatic rings. The standard InChI is InChI=1S/C30H34ClN7O2/c1-36-29(33-34-35-36)27-22-25(12-13-28(27)31)32-30(39)38(17-16-37-18-20-40-21-19-37)15-14-26(23-8-4-2-5-9-23)24-10-6-3-7-11-24/h2-13,22,26H,14-21H2,1H3,(H,32,39). The highest BCUT2D eigenvalue weighted by atomic mass is 35.5. The topological polar surface area (TPSA) is 88.4 Å². The SMILES string of the molecule is Cn1nnnc1-c1cc(NC(=O)N(CCC(c2ccccc2)c2ccccc2)CCN2CCOCC2)ccc1Cl. The molecule has 1 aromatic heterocycles. The summed E-state index contributed by atoms with van der Waals surface area (Å²) in [5.74, 6) is 0.700. The molecule has 2 heterocycles. The van der Waals surface area contributed by atoms with Crippen molar-refractivity contribution < 1.29 is 9.53 Å². The zero-order valence-electron chi connectivity index (χ0n) is 22.6. The smallest absolute Gasteiger partial charge is 0.321 e. The minimum atomic E-state index is -0.155. The molecule has 0 spiro atoms. The Bertz CT molecular complexity index is 1340. The number of urea groups is 1. The molecule has 0 bridgehead atoms. The second-order valence-electron chi connectivity index (χ2n) is 9.85. The van der Waals surface area contributed by atoms with Gasteiger partial charge in [-0.15, -0.1) is 5.10 Å². The van der Waals surface area contributed by atoms with Gasteiger partial charge < -0.3 is 15.0 Å². The van der Waals surface area contributed by atoms with E-state index in [-0.39, 0.29) is 11.9 Å². The predicted molar refractivity (Wildman–Crippen MR) is 156 cm³/mol. The Morgan fingerprint density at radius 1 is 1.00 bits per heavy atom. The molecular weight excluding hydrogens is 526 g/mol. The number of halogens is 1. The summed E-state index contributed by atoms with van der Waals surface area (Å²) in [5.41, 5.74) is 3.76. The fourth-order valence-electron chi connectivity index (χ4n) is 5.02. The first-order valence-electron chi connectivity index (χ1n) is 13.6. The largest absolute Gasteiger partial charge is 0.379 e. The number of amides is 2. The highest BCUT2D eigenvalue weighted by molar-refractivity contribution is 6.33. The van der Waals surface area contributed by atoms with Crippen molar-refractivity contribution in [1.29, 1.82) is 0 Å². The third-order valence-corrected chi connectivity index (χ3v) is 7.58. The Kier molecular flexibility index (Phi) is 9.38. The average Bonchev–Trinajstić information content (AvgIpc) is 3.42. The Labute approximate surface area is 239 Å². The van der Waals surface area contributed by atoms with Crippen LogP contribution < -0.4 is 5.32 Å². The van der Waals surface area contributed by atoms with E-state index in [0.717, 1.165) is 39.3 Å². The molecule has 3 aromatic carbocycles. The Hall–Kier alpha value is -3.79. The van der Waals surface area contributed by atoms with Gasteiger partial charge in [0.1, 0.15) is 0 Å². The zero-order valence-corrected chi connectivity index (χ0v) is 23.4. The number of carbonyl (C=O) groups is 1. The third-order valence-electron chi connectivity index (χ3n) is 7.25. The van der Waals surface area contributed by atoms with E-state index in [1.54, 1.807) is 23.9 Å². The van der Waals surface area contributed by atoms with Crippen molar-refractivity contribution in [2.75, 3.05) is 51.3 Å². The molecule has 0 unspecified atom stereocenters. The summed E-state index contributed by atoms with van der Waals surface area (Å²) in [4.78, 5) is 18.0. The number of hydrogen-bond acceptors (Lipinski definition) is 6. The van der Waals surface area contributed by atoms with Crippen LogP contribution in [0.25, 0.3) is 11.4 Å². The van der Waals surface area contributed by atoms with Crippen LogP contribution in [0.5, 0.6) is 0 Å². The molecule has 9 nitrogen and oxygen atoms in total. The van der Waals surface area contributed by atoms with E-state index >= 15 is 0 Å². The molecule has 2 amide bonds. The van der Waals surface area contributed by atoms with Crippen molar-refractivity contribution in [1.82, 2.24) is 30.0 Å². The number of benzene rings is 3. The van der Waals surface area contributed by atoms with Gasteiger partial charge >= 0.3 is 6.03 Å². The number of morpholine rings is 1. The fourth-order valence-corrected chi connectivity index (χ4v) is 5.22. The lowest BCUT2D eigenvalue weighted by Crippen LogP contribution is -2.44. The van der Waals surface area contributed by atoms with Crippen molar-refractivity contribution in [3.05, 3.63) is 95.0 Å². The lowest BCUT2D eigenvalue weighted by atomic mass is 9.88. The summed E-state index contributed by atoms with van der Waals surface area (Å²) in [6.45, 7) is 5.18. The molecule has 208 valence electrons. The van der Waals surface area contributed by atoms with E-state index in [9.17, 15) is 4.79 Å². The quantitative estimate of drug-likeness (QED) is 0.297. The van der Waals surface area contributed by atoms with Crippen LogP contribution in [-0.4, -0.2) is 82.0 Å². The van der Waals surface area contributed by atoms with Crippen molar-refractivity contribution in [2.24, 2.45) is 7.05 Å². The van der Waals surface area contributed by atoms with Crippen molar-refractivity contribution >= 4 is 23.3 Å². The molecule has 5 rings (SSSR count). The van der Waals surface area contributed by atoms with Gasteiger partial charge in [0.25, 0.3) is 0 Å². The van der Waals surface area contributed by atoms with E-state index in [0.29, 0.717) is 35.2 Å². The van der Waals surface area contributed by atoms with Gasteiger partial charge in [-0.3, -0.25) is 4.90 Å². The minimum Gasteiger partial charge on any atom is -0.379 e. The fraction of sp³-hybridized carbons (Fsp3) is 0.333. The first-order chi connectivity index (χ1) is 19.6. The zero-order chi connectivity index (χ0) is 27.7. The van der Waals surface area contributed by atoms with Crippen LogP contribution in [0.3, 0.4) is 0 Å². The maximum absolute atomic E-state index is 13.7. The number of aromatic nitrogens is 4. The number of ether oxygens (including phenoxy) is 1. The van der Waals surface area contributed by atoms with Gasteiger partial charge in [-0.1, -0.05) is 72.3 Å². The Balaban J connectivity index is 1.34. The number of tetrazole rings is 1. The molecule has 40 heavy (non-hydrogen) atoms. The van der Waals surface area contributed by atoms with Crippen LogP contribution in [-0.2, 0) is 11.8 Å². The molecule has 0 aliphatic carbocycles. The van der Waals surface area contributed by atoms with Crippen LogP contribution in [0.1, 0.15) is 23.5 Å². The number of nitrogens with zero attached hydrogens (tertiary/aromatic N) is 6. The molecule has 1 fully saturated rings. The number of rotatable bonds is 10.